The highest BCUT2D eigenvalue weighted by molar-refractivity contribution is 5.91. The molecule has 1 atom stereocenters. The maximum atomic E-state index is 11.4. The minimum absolute atomic E-state index is 0.0761. The van der Waals surface area contributed by atoms with Crippen LogP contribution in [0.4, 0.5) is 11.5 Å². The minimum Gasteiger partial charge on any atom is -0.493 e. The zero-order valence-corrected chi connectivity index (χ0v) is 27.3. The standard InChI is InChI=1S/C38H47N5O3/c1-27-32(33-13-9-15-35(28(33)2)46-22-10-20-42-18-5-3-6-19-42)12-8-14-34(27)41-38-37-30(16-17-39-38)23-29(25-40-37)26-43-21-7-4-11-31(43)24-36(44)45/h8-9,12-17,23,25,31H,3-7,10-11,18-22,24,26H2,1-2H3,(H,39,41)(H,44,45). The molecule has 1 unspecified atom stereocenters. The topological polar surface area (TPSA) is 90.8 Å². The summed E-state index contributed by atoms with van der Waals surface area (Å²) in [4.78, 5) is 25.8. The Kier molecular flexibility index (Phi) is 10.5. The lowest BCUT2D eigenvalue weighted by Crippen LogP contribution is -2.40. The monoisotopic (exact) mass is 621 g/mol. The molecule has 2 saturated heterocycles. The van der Waals surface area contributed by atoms with Crippen LogP contribution in [0, 0.1) is 13.8 Å². The second-order valence-electron chi connectivity index (χ2n) is 12.9. The molecule has 2 aromatic carbocycles. The molecule has 242 valence electrons. The van der Waals surface area contributed by atoms with E-state index in [1.165, 1.54) is 37.9 Å². The van der Waals surface area contributed by atoms with Gasteiger partial charge < -0.3 is 20.1 Å². The van der Waals surface area contributed by atoms with Crippen molar-refractivity contribution in [2.45, 2.75) is 77.8 Å². The van der Waals surface area contributed by atoms with Crippen molar-refractivity contribution in [3.63, 3.8) is 0 Å². The van der Waals surface area contributed by atoms with E-state index in [1.807, 2.05) is 18.5 Å². The predicted octanol–water partition coefficient (Wildman–Crippen LogP) is 7.74. The van der Waals surface area contributed by atoms with Gasteiger partial charge in [0.25, 0.3) is 0 Å². The summed E-state index contributed by atoms with van der Waals surface area (Å²) >= 11 is 0. The normalized spacial score (nSPS) is 17.7. The van der Waals surface area contributed by atoms with Crippen LogP contribution in [0.2, 0.25) is 0 Å². The maximum Gasteiger partial charge on any atom is 0.304 e. The molecule has 0 amide bonds. The van der Waals surface area contributed by atoms with E-state index in [1.54, 1.807) is 0 Å². The molecule has 2 aliphatic heterocycles. The number of rotatable bonds is 12. The quantitative estimate of drug-likeness (QED) is 0.155. The lowest BCUT2D eigenvalue weighted by molar-refractivity contribution is -0.138. The average molecular weight is 622 g/mol. The van der Waals surface area contributed by atoms with Crippen LogP contribution in [-0.4, -0.2) is 69.7 Å². The molecule has 2 fully saturated rings. The van der Waals surface area contributed by atoms with Gasteiger partial charge in [-0.3, -0.25) is 14.7 Å². The van der Waals surface area contributed by atoms with Gasteiger partial charge in [-0.05, 0) is 118 Å². The number of pyridine rings is 2. The fourth-order valence-corrected chi connectivity index (χ4v) is 7.13. The number of carboxylic acids is 1. The number of nitrogens with one attached hydrogen (secondary N) is 1. The zero-order valence-electron chi connectivity index (χ0n) is 27.3. The Bertz CT molecular complexity index is 1650. The first-order valence-corrected chi connectivity index (χ1v) is 17.0. The molecule has 6 rings (SSSR count). The Morgan fingerprint density at radius 3 is 2.57 bits per heavy atom. The van der Waals surface area contributed by atoms with Gasteiger partial charge in [-0.15, -0.1) is 0 Å². The smallest absolute Gasteiger partial charge is 0.304 e. The number of anilines is 2. The van der Waals surface area contributed by atoms with Crippen LogP contribution < -0.4 is 10.1 Å². The average Bonchev–Trinajstić information content (AvgIpc) is 3.06. The summed E-state index contributed by atoms with van der Waals surface area (Å²) in [5.41, 5.74) is 7.50. The Hall–Kier alpha value is -4.01. The molecule has 2 aromatic heterocycles. The van der Waals surface area contributed by atoms with Crippen molar-refractivity contribution in [2.75, 3.05) is 38.1 Å². The van der Waals surface area contributed by atoms with Crippen molar-refractivity contribution in [1.82, 2.24) is 19.8 Å². The summed E-state index contributed by atoms with van der Waals surface area (Å²) in [6, 6.07) is 16.9. The highest BCUT2D eigenvalue weighted by Crippen LogP contribution is 2.36. The van der Waals surface area contributed by atoms with Crippen molar-refractivity contribution in [1.29, 1.82) is 0 Å². The molecule has 2 N–H and O–H groups in total. The third kappa shape index (κ3) is 7.68. The van der Waals surface area contributed by atoms with Gasteiger partial charge in [0.05, 0.1) is 13.0 Å². The number of carbonyl (C=O) groups is 1. The lowest BCUT2D eigenvalue weighted by atomic mass is 9.95. The Balaban J connectivity index is 1.16. The molecule has 46 heavy (non-hydrogen) atoms. The number of benzene rings is 2. The molecule has 0 saturated carbocycles. The summed E-state index contributed by atoms with van der Waals surface area (Å²) in [7, 11) is 0. The molecule has 0 spiro atoms. The Morgan fingerprint density at radius 2 is 1.74 bits per heavy atom. The summed E-state index contributed by atoms with van der Waals surface area (Å²) in [6.45, 7) is 10.2. The lowest BCUT2D eigenvalue weighted by Gasteiger charge is -2.34. The zero-order chi connectivity index (χ0) is 31.9. The number of carboxylic acid groups (broad SMARTS) is 1. The van der Waals surface area contributed by atoms with Crippen LogP contribution in [0.25, 0.3) is 22.0 Å². The Morgan fingerprint density at radius 1 is 0.957 bits per heavy atom. The number of likely N-dealkylation sites (tertiary alicyclic amines) is 2. The van der Waals surface area contributed by atoms with E-state index in [0.29, 0.717) is 12.4 Å². The number of piperidine rings is 2. The van der Waals surface area contributed by atoms with E-state index in [4.69, 9.17) is 9.72 Å². The molecule has 8 nitrogen and oxygen atoms in total. The maximum absolute atomic E-state index is 11.4. The van der Waals surface area contributed by atoms with Gasteiger partial charge in [0.15, 0.2) is 5.82 Å². The number of ether oxygens (including phenoxy) is 1. The molecular formula is C38H47N5O3. The number of hydrogen-bond donors (Lipinski definition) is 2. The van der Waals surface area contributed by atoms with E-state index in [0.717, 1.165) is 90.0 Å². The first-order valence-electron chi connectivity index (χ1n) is 17.0. The summed E-state index contributed by atoms with van der Waals surface area (Å²) in [5.74, 6) is 0.932. The number of hydrogen-bond acceptors (Lipinski definition) is 7. The van der Waals surface area contributed by atoms with Gasteiger partial charge in [0.2, 0.25) is 0 Å². The molecule has 0 aliphatic carbocycles. The molecule has 4 heterocycles. The largest absolute Gasteiger partial charge is 0.493 e. The van der Waals surface area contributed by atoms with Gasteiger partial charge >= 0.3 is 5.97 Å². The fourth-order valence-electron chi connectivity index (χ4n) is 7.13. The fraction of sp³-hybridized carbons (Fsp3) is 0.447. The van der Waals surface area contributed by atoms with Crippen LogP contribution >= 0.6 is 0 Å². The Labute approximate surface area is 272 Å². The highest BCUT2D eigenvalue weighted by atomic mass is 16.5. The van der Waals surface area contributed by atoms with E-state index in [9.17, 15) is 9.90 Å². The molecule has 4 aromatic rings. The number of nitrogens with zero attached hydrogens (tertiary/aromatic N) is 4. The van der Waals surface area contributed by atoms with Gasteiger partial charge in [0, 0.05) is 42.6 Å². The highest BCUT2D eigenvalue weighted by Gasteiger charge is 2.25. The molecule has 0 radical (unpaired) electrons. The molecular weight excluding hydrogens is 574 g/mol. The van der Waals surface area contributed by atoms with Crippen molar-refractivity contribution < 1.29 is 14.6 Å². The summed E-state index contributed by atoms with van der Waals surface area (Å²) in [5, 5.41) is 14.0. The van der Waals surface area contributed by atoms with E-state index < -0.39 is 5.97 Å². The number of aromatic nitrogens is 2. The van der Waals surface area contributed by atoms with Crippen LogP contribution in [-0.2, 0) is 11.3 Å². The van der Waals surface area contributed by atoms with E-state index in [2.05, 4.69) is 76.4 Å². The first-order chi connectivity index (χ1) is 22.5. The third-order valence-electron chi connectivity index (χ3n) is 9.69. The first kappa shape index (κ1) is 32.0. The van der Waals surface area contributed by atoms with Gasteiger partial charge in [-0.25, -0.2) is 4.98 Å². The molecule has 8 heteroatoms. The molecule has 0 bridgehead atoms. The second kappa shape index (κ2) is 15.1. The van der Waals surface area contributed by atoms with E-state index >= 15 is 0 Å². The van der Waals surface area contributed by atoms with Gasteiger partial charge in [-0.1, -0.05) is 37.1 Å². The van der Waals surface area contributed by atoms with Gasteiger partial charge in [0.1, 0.15) is 11.3 Å². The van der Waals surface area contributed by atoms with E-state index in [-0.39, 0.29) is 12.5 Å². The summed E-state index contributed by atoms with van der Waals surface area (Å²) in [6.07, 6.45) is 12.1. The van der Waals surface area contributed by atoms with Crippen molar-refractivity contribution >= 4 is 28.4 Å². The van der Waals surface area contributed by atoms with Crippen molar-refractivity contribution in [2.24, 2.45) is 0 Å². The second-order valence-corrected chi connectivity index (χ2v) is 12.9. The van der Waals surface area contributed by atoms with Crippen LogP contribution in [0.3, 0.4) is 0 Å². The van der Waals surface area contributed by atoms with Gasteiger partial charge in [-0.2, -0.15) is 0 Å². The SMILES string of the molecule is Cc1c(Nc2nccc3cc(CN4CCCCC4CC(=O)O)cnc23)cccc1-c1cccc(OCCCN2CCCCC2)c1C. The van der Waals surface area contributed by atoms with Crippen LogP contribution in [0.5, 0.6) is 5.75 Å². The van der Waals surface area contributed by atoms with Crippen molar-refractivity contribution in [3.8, 4) is 16.9 Å². The summed E-state index contributed by atoms with van der Waals surface area (Å²) < 4.78 is 6.29. The third-order valence-corrected chi connectivity index (χ3v) is 9.69. The minimum atomic E-state index is -0.732. The predicted molar refractivity (Wildman–Crippen MR) is 185 cm³/mol. The van der Waals surface area contributed by atoms with Crippen LogP contribution in [0.15, 0.2) is 60.9 Å². The van der Waals surface area contributed by atoms with Crippen LogP contribution in [0.1, 0.15) is 68.1 Å². The number of fused-ring (bicyclic) bond motifs is 1. The molecule has 2 aliphatic rings. The van der Waals surface area contributed by atoms with Crippen molar-refractivity contribution in [3.05, 3.63) is 77.6 Å². The number of aliphatic carboxylic acids is 1.